The molecule has 1 aliphatic heterocycles. The zero-order valence-electron chi connectivity index (χ0n) is 9.60. The molecule has 1 aromatic heterocycles. The molecule has 2 heterocycles. The third-order valence-electron chi connectivity index (χ3n) is 4.58. The van der Waals surface area contributed by atoms with E-state index in [1.807, 2.05) is 11.3 Å². The van der Waals surface area contributed by atoms with E-state index in [9.17, 15) is 0 Å². The summed E-state index contributed by atoms with van der Waals surface area (Å²) in [5.74, 6) is 0. The lowest BCUT2D eigenvalue weighted by Gasteiger charge is -2.44. The van der Waals surface area contributed by atoms with Crippen molar-refractivity contribution < 1.29 is 0 Å². The van der Waals surface area contributed by atoms with Crippen molar-refractivity contribution in [1.82, 2.24) is 5.32 Å². The van der Waals surface area contributed by atoms with E-state index in [2.05, 4.69) is 30.6 Å². The van der Waals surface area contributed by atoms with E-state index in [1.165, 1.54) is 32.2 Å². The molecule has 1 saturated heterocycles. The highest BCUT2D eigenvalue weighted by Crippen LogP contribution is 2.51. The van der Waals surface area contributed by atoms with Crippen LogP contribution in [0.25, 0.3) is 0 Å². The van der Waals surface area contributed by atoms with E-state index >= 15 is 0 Å². The summed E-state index contributed by atoms with van der Waals surface area (Å²) >= 11 is 1.96. The summed E-state index contributed by atoms with van der Waals surface area (Å²) in [6.45, 7) is 5.95. The Hall–Kier alpha value is -0.340. The SMILES string of the molecule is CC1(C)NCCC12CCCc1sccc12. The third kappa shape index (κ3) is 1.18. The first-order valence-electron chi connectivity index (χ1n) is 5.98. The van der Waals surface area contributed by atoms with Crippen molar-refractivity contribution in [2.45, 2.75) is 50.5 Å². The topological polar surface area (TPSA) is 12.0 Å². The van der Waals surface area contributed by atoms with Crippen LogP contribution in [0.3, 0.4) is 0 Å². The van der Waals surface area contributed by atoms with Gasteiger partial charge in [-0.3, -0.25) is 0 Å². The summed E-state index contributed by atoms with van der Waals surface area (Å²) in [5, 5.41) is 5.98. The average molecular weight is 221 g/mol. The summed E-state index contributed by atoms with van der Waals surface area (Å²) in [4.78, 5) is 1.65. The predicted octanol–water partition coefficient (Wildman–Crippen LogP) is 3.09. The van der Waals surface area contributed by atoms with Crippen LogP contribution < -0.4 is 5.32 Å². The van der Waals surface area contributed by atoms with Crippen molar-refractivity contribution in [2.75, 3.05) is 6.54 Å². The molecule has 0 amide bonds. The second-order valence-corrected chi connectivity index (χ2v) is 6.50. The van der Waals surface area contributed by atoms with Gasteiger partial charge in [0.15, 0.2) is 0 Å². The molecule has 0 bridgehead atoms. The van der Waals surface area contributed by atoms with Crippen molar-refractivity contribution in [1.29, 1.82) is 0 Å². The fraction of sp³-hybridized carbons (Fsp3) is 0.692. The maximum Gasteiger partial charge on any atom is 0.0222 e. The largest absolute Gasteiger partial charge is 0.311 e. The van der Waals surface area contributed by atoms with E-state index in [-0.39, 0.29) is 5.54 Å². The van der Waals surface area contributed by atoms with Gasteiger partial charge in [-0.25, -0.2) is 0 Å². The lowest BCUT2D eigenvalue weighted by molar-refractivity contribution is 0.239. The lowest BCUT2D eigenvalue weighted by Crippen LogP contribution is -2.50. The smallest absolute Gasteiger partial charge is 0.0222 e. The Balaban J connectivity index is 2.15. The van der Waals surface area contributed by atoms with E-state index < -0.39 is 0 Å². The molecule has 3 rings (SSSR count). The van der Waals surface area contributed by atoms with Gasteiger partial charge in [0.25, 0.3) is 0 Å². The van der Waals surface area contributed by atoms with Crippen LogP contribution in [0.5, 0.6) is 0 Å². The molecule has 1 aliphatic carbocycles. The van der Waals surface area contributed by atoms with Crippen LogP contribution in [0.1, 0.15) is 43.6 Å². The first-order valence-corrected chi connectivity index (χ1v) is 6.86. The van der Waals surface area contributed by atoms with Gasteiger partial charge in [-0.2, -0.15) is 0 Å². The predicted molar refractivity (Wildman–Crippen MR) is 65.6 cm³/mol. The highest BCUT2D eigenvalue weighted by molar-refractivity contribution is 7.10. The molecule has 0 radical (unpaired) electrons. The highest BCUT2D eigenvalue weighted by atomic mass is 32.1. The first kappa shape index (κ1) is 9.86. The van der Waals surface area contributed by atoms with E-state index in [0.29, 0.717) is 5.41 Å². The maximum atomic E-state index is 3.69. The molecule has 1 N–H and O–H groups in total. The molecule has 1 spiro atoms. The molecule has 2 heteroatoms. The number of thiophene rings is 1. The average Bonchev–Trinajstić information content (AvgIpc) is 2.74. The van der Waals surface area contributed by atoms with Gasteiger partial charge in [0.05, 0.1) is 0 Å². The molecular weight excluding hydrogens is 202 g/mol. The molecule has 1 atom stereocenters. The minimum atomic E-state index is 0.281. The minimum Gasteiger partial charge on any atom is -0.311 e. The van der Waals surface area contributed by atoms with Crippen molar-refractivity contribution in [2.24, 2.45) is 0 Å². The number of hydrogen-bond acceptors (Lipinski definition) is 2. The normalized spacial score (nSPS) is 33.2. The molecular formula is C13H19NS. The zero-order valence-corrected chi connectivity index (χ0v) is 10.4. The Morgan fingerprint density at radius 3 is 2.93 bits per heavy atom. The lowest BCUT2D eigenvalue weighted by atomic mass is 9.62. The Labute approximate surface area is 95.9 Å². The van der Waals surface area contributed by atoms with Crippen LogP contribution in [0.2, 0.25) is 0 Å². The van der Waals surface area contributed by atoms with Gasteiger partial charge in [-0.1, -0.05) is 0 Å². The van der Waals surface area contributed by atoms with E-state index in [1.54, 1.807) is 10.4 Å². The highest BCUT2D eigenvalue weighted by Gasteiger charge is 2.51. The van der Waals surface area contributed by atoms with Crippen molar-refractivity contribution >= 4 is 11.3 Å². The number of fused-ring (bicyclic) bond motifs is 2. The molecule has 0 aromatic carbocycles. The summed E-state index contributed by atoms with van der Waals surface area (Å²) in [7, 11) is 0. The Morgan fingerprint density at radius 1 is 1.33 bits per heavy atom. The molecule has 1 aromatic rings. The molecule has 0 saturated carbocycles. The molecule has 82 valence electrons. The van der Waals surface area contributed by atoms with Crippen LogP contribution in [0.15, 0.2) is 11.4 Å². The van der Waals surface area contributed by atoms with Crippen LogP contribution in [0, 0.1) is 0 Å². The zero-order chi connectivity index (χ0) is 10.5. The monoisotopic (exact) mass is 221 g/mol. The number of aryl methyl sites for hydroxylation is 1. The summed E-state index contributed by atoms with van der Waals surface area (Å²) in [6.07, 6.45) is 5.38. The van der Waals surface area contributed by atoms with Gasteiger partial charge in [-0.15, -0.1) is 11.3 Å². The summed E-state index contributed by atoms with van der Waals surface area (Å²) in [6, 6.07) is 2.38. The van der Waals surface area contributed by atoms with Crippen LogP contribution in [-0.2, 0) is 11.8 Å². The fourth-order valence-corrected chi connectivity index (χ4v) is 4.65. The van der Waals surface area contributed by atoms with Crippen LogP contribution in [0.4, 0.5) is 0 Å². The third-order valence-corrected chi connectivity index (χ3v) is 5.56. The Morgan fingerprint density at radius 2 is 2.20 bits per heavy atom. The fourth-order valence-electron chi connectivity index (χ4n) is 3.62. The molecule has 1 nitrogen and oxygen atoms in total. The van der Waals surface area contributed by atoms with Crippen LogP contribution >= 0.6 is 11.3 Å². The standard InChI is InChI=1S/C13H19NS/c1-12(2)13(7-8-14-12)6-3-4-11-10(13)5-9-15-11/h5,9,14H,3-4,6-8H2,1-2H3. The Bertz CT molecular complexity index is 380. The second kappa shape index (κ2) is 3.08. The quantitative estimate of drug-likeness (QED) is 0.710. The van der Waals surface area contributed by atoms with Gasteiger partial charge in [0, 0.05) is 15.8 Å². The first-order chi connectivity index (χ1) is 7.16. The van der Waals surface area contributed by atoms with Crippen LogP contribution in [-0.4, -0.2) is 12.1 Å². The summed E-state index contributed by atoms with van der Waals surface area (Å²) < 4.78 is 0. The van der Waals surface area contributed by atoms with Gasteiger partial charge in [-0.05, 0) is 63.1 Å². The molecule has 1 unspecified atom stereocenters. The maximum absolute atomic E-state index is 3.69. The van der Waals surface area contributed by atoms with Crippen molar-refractivity contribution in [3.63, 3.8) is 0 Å². The molecule has 15 heavy (non-hydrogen) atoms. The number of rotatable bonds is 0. The van der Waals surface area contributed by atoms with Gasteiger partial charge < -0.3 is 5.32 Å². The molecule has 2 aliphatic rings. The minimum absolute atomic E-state index is 0.281. The van der Waals surface area contributed by atoms with Gasteiger partial charge in [0.2, 0.25) is 0 Å². The van der Waals surface area contributed by atoms with Crippen molar-refractivity contribution in [3.05, 3.63) is 21.9 Å². The Kier molecular flexibility index (Phi) is 2.02. The number of hydrogen-bond donors (Lipinski definition) is 1. The molecule has 1 fully saturated rings. The summed E-state index contributed by atoms with van der Waals surface area (Å²) in [5.41, 5.74) is 2.37. The number of nitrogens with one attached hydrogen (secondary N) is 1. The van der Waals surface area contributed by atoms with E-state index in [0.717, 1.165) is 0 Å². The second-order valence-electron chi connectivity index (χ2n) is 5.49. The van der Waals surface area contributed by atoms with E-state index in [4.69, 9.17) is 0 Å². The van der Waals surface area contributed by atoms with Gasteiger partial charge >= 0.3 is 0 Å². The van der Waals surface area contributed by atoms with Crippen molar-refractivity contribution in [3.8, 4) is 0 Å². The van der Waals surface area contributed by atoms with Gasteiger partial charge in [0.1, 0.15) is 0 Å².